The van der Waals surface area contributed by atoms with Crippen LogP contribution in [0.15, 0.2) is 77.7 Å². The zero-order valence-electron chi connectivity index (χ0n) is 23.8. The minimum Gasteiger partial charge on any atom is -0.352 e. The van der Waals surface area contributed by atoms with Crippen molar-refractivity contribution in [3.63, 3.8) is 0 Å². The summed E-state index contributed by atoms with van der Waals surface area (Å²) in [5.74, 6) is -0.684. The van der Waals surface area contributed by atoms with Gasteiger partial charge in [0.05, 0.1) is 10.6 Å². The van der Waals surface area contributed by atoms with E-state index in [4.69, 9.17) is 11.6 Å². The van der Waals surface area contributed by atoms with Gasteiger partial charge in [-0.05, 0) is 86.2 Å². The molecule has 0 aromatic heterocycles. The number of hydrogen-bond donors (Lipinski definition) is 1. The summed E-state index contributed by atoms with van der Waals surface area (Å²) in [5, 5.41) is 3.69. The minimum absolute atomic E-state index is 0.0845. The number of halogens is 1. The van der Waals surface area contributed by atoms with E-state index < -0.39 is 28.5 Å². The number of nitrogens with one attached hydrogen (secondary N) is 1. The fourth-order valence-corrected chi connectivity index (χ4v) is 6.76. The molecular weight excluding hydrogens is 558 g/mol. The number of benzene rings is 3. The van der Waals surface area contributed by atoms with Crippen molar-refractivity contribution in [2.24, 2.45) is 0 Å². The summed E-state index contributed by atoms with van der Waals surface area (Å²) in [6.45, 7) is 5.40. The van der Waals surface area contributed by atoms with E-state index in [1.165, 1.54) is 17.0 Å². The molecule has 1 aliphatic carbocycles. The monoisotopic (exact) mass is 595 g/mol. The number of carbonyl (C=O) groups excluding carboxylic acids is 2. The molecule has 0 spiro atoms. The Kier molecular flexibility index (Phi) is 10.1. The summed E-state index contributed by atoms with van der Waals surface area (Å²) in [5.41, 5.74) is 3.10. The number of sulfonamides is 1. The Bertz CT molecular complexity index is 1460. The van der Waals surface area contributed by atoms with Gasteiger partial charge < -0.3 is 10.2 Å². The van der Waals surface area contributed by atoms with Crippen LogP contribution in [0.3, 0.4) is 0 Å². The molecule has 0 radical (unpaired) electrons. The van der Waals surface area contributed by atoms with Gasteiger partial charge in [0.15, 0.2) is 0 Å². The first-order valence-corrected chi connectivity index (χ1v) is 15.9. The van der Waals surface area contributed by atoms with E-state index >= 15 is 0 Å². The molecule has 7 nitrogen and oxygen atoms in total. The number of carbonyl (C=O) groups is 2. The third-order valence-corrected chi connectivity index (χ3v) is 9.78. The van der Waals surface area contributed by atoms with Crippen LogP contribution in [0.5, 0.6) is 0 Å². The van der Waals surface area contributed by atoms with E-state index in [9.17, 15) is 18.0 Å². The molecule has 1 N–H and O–H groups in total. The van der Waals surface area contributed by atoms with Crippen LogP contribution in [0.4, 0.5) is 5.69 Å². The van der Waals surface area contributed by atoms with Crippen molar-refractivity contribution in [3.8, 4) is 0 Å². The van der Waals surface area contributed by atoms with Crippen LogP contribution in [0, 0.1) is 13.8 Å². The number of nitrogens with zero attached hydrogens (tertiary/aromatic N) is 2. The van der Waals surface area contributed by atoms with E-state index in [1.807, 2.05) is 39.0 Å². The van der Waals surface area contributed by atoms with E-state index in [-0.39, 0.29) is 23.4 Å². The number of amides is 2. The first-order chi connectivity index (χ1) is 19.6. The summed E-state index contributed by atoms with van der Waals surface area (Å²) in [6.07, 6.45) is 4.36. The molecule has 3 aromatic rings. The highest BCUT2D eigenvalue weighted by Crippen LogP contribution is 2.27. The van der Waals surface area contributed by atoms with Gasteiger partial charge in [0, 0.05) is 17.6 Å². The molecule has 0 bridgehead atoms. The van der Waals surface area contributed by atoms with E-state index in [1.54, 1.807) is 42.5 Å². The number of anilines is 1. The van der Waals surface area contributed by atoms with Gasteiger partial charge in [-0.1, -0.05) is 67.8 Å². The number of hydrogen-bond acceptors (Lipinski definition) is 4. The zero-order valence-corrected chi connectivity index (χ0v) is 25.4. The molecule has 1 fully saturated rings. The Morgan fingerprint density at radius 3 is 2.22 bits per heavy atom. The van der Waals surface area contributed by atoms with Crippen LogP contribution in [-0.4, -0.2) is 43.8 Å². The van der Waals surface area contributed by atoms with Gasteiger partial charge in [-0.15, -0.1) is 0 Å². The third-order valence-electron chi connectivity index (χ3n) is 7.74. The van der Waals surface area contributed by atoms with Crippen molar-refractivity contribution in [2.45, 2.75) is 76.4 Å². The summed E-state index contributed by atoms with van der Waals surface area (Å²) in [4.78, 5) is 29.3. The Labute approximate surface area is 248 Å². The second-order valence-electron chi connectivity index (χ2n) is 10.7. The van der Waals surface area contributed by atoms with E-state index in [0.29, 0.717) is 17.1 Å². The van der Waals surface area contributed by atoms with Gasteiger partial charge in [0.2, 0.25) is 11.8 Å². The smallest absolute Gasteiger partial charge is 0.264 e. The summed E-state index contributed by atoms with van der Waals surface area (Å²) >= 11 is 6.10. The first kappa shape index (κ1) is 30.6. The van der Waals surface area contributed by atoms with Crippen molar-refractivity contribution < 1.29 is 18.0 Å². The van der Waals surface area contributed by atoms with Crippen molar-refractivity contribution >= 4 is 39.1 Å². The molecule has 1 aliphatic rings. The summed E-state index contributed by atoms with van der Waals surface area (Å²) in [7, 11) is -4.09. The normalized spacial score (nSPS) is 14.4. The predicted octanol–water partition coefficient (Wildman–Crippen LogP) is 6.02. The van der Waals surface area contributed by atoms with Crippen LogP contribution >= 0.6 is 11.6 Å². The van der Waals surface area contributed by atoms with Crippen molar-refractivity contribution in [1.82, 2.24) is 10.2 Å². The second-order valence-corrected chi connectivity index (χ2v) is 13.0. The molecule has 0 unspecified atom stereocenters. The van der Waals surface area contributed by atoms with Gasteiger partial charge in [-0.2, -0.15) is 0 Å². The predicted molar refractivity (Wildman–Crippen MR) is 163 cm³/mol. The average molecular weight is 596 g/mol. The topological polar surface area (TPSA) is 86.8 Å². The lowest BCUT2D eigenvalue weighted by Crippen LogP contribution is -2.53. The standard InChI is InChI=1S/C32H38ClN3O4S/c1-4-30(32(38)34-27-10-8-9-11-27)35(21-25-15-17-26(33)18-16-25)31(37)22-36(28-19-14-23(2)24(3)20-28)41(39,40)29-12-6-5-7-13-29/h5-7,12-20,27,30H,4,8-11,21-22H2,1-3H3,(H,34,38)/t30-/m0/s1. The highest BCUT2D eigenvalue weighted by Gasteiger charge is 2.34. The quantitative estimate of drug-likeness (QED) is 0.294. The van der Waals surface area contributed by atoms with Gasteiger partial charge in [-0.25, -0.2) is 8.42 Å². The fourth-order valence-electron chi connectivity index (χ4n) is 5.20. The summed E-state index contributed by atoms with van der Waals surface area (Å²) < 4.78 is 29.0. The average Bonchev–Trinajstić information content (AvgIpc) is 3.47. The van der Waals surface area contributed by atoms with E-state index in [0.717, 1.165) is 46.7 Å². The molecule has 2 amide bonds. The highest BCUT2D eigenvalue weighted by molar-refractivity contribution is 7.92. The fraction of sp³-hybridized carbons (Fsp3) is 0.375. The van der Waals surface area contributed by atoms with Crippen LogP contribution in [0.1, 0.15) is 55.7 Å². The number of rotatable bonds is 11. The van der Waals surface area contributed by atoms with Gasteiger partial charge >= 0.3 is 0 Å². The number of aryl methyl sites for hydroxylation is 2. The molecule has 0 aliphatic heterocycles. The Morgan fingerprint density at radius 2 is 1.61 bits per heavy atom. The largest absolute Gasteiger partial charge is 0.352 e. The minimum atomic E-state index is -4.09. The maximum atomic E-state index is 14.2. The van der Waals surface area contributed by atoms with Crippen molar-refractivity contribution in [2.75, 3.05) is 10.8 Å². The maximum Gasteiger partial charge on any atom is 0.264 e. The van der Waals surface area contributed by atoms with Crippen LogP contribution < -0.4 is 9.62 Å². The molecule has 218 valence electrons. The van der Waals surface area contributed by atoms with Gasteiger partial charge in [0.1, 0.15) is 12.6 Å². The molecule has 0 heterocycles. The Morgan fingerprint density at radius 1 is 0.951 bits per heavy atom. The second kappa shape index (κ2) is 13.5. The van der Waals surface area contributed by atoms with Crippen molar-refractivity contribution in [1.29, 1.82) is 0 Å². The lowest BCUT2D eigenvalue weighted by atomic mass is 10.1. The molecule has 4 rings (SSSR count). The molecule has 1 saturated carbocycles. The van der Waals surface area contributed by atoms with Gasteiger partial charge in [0.25, 0.3) is 10.0 Å². The van der Waals surface area contributed by atoms with Crippen molar-refractivity contribution in [3.05, 3.63) is 94.5 Å². The van der Waals surface area contributed by atoms with Crippen LogP contribution in [-0.2, 0) is 26.2 Å². The lowest BCUT2D eigenvalue weighted by Gasteiger charge is -2.34. The lowest BCUT2D eigenvalue weighted by molar-refractivity contribution is -0.140. The van der Waals surface area contributed by atoms with E-state index in [2.05, 4.69) is 5.32 Å². The highest BCUT2D eigenvalue weighted by atomic mass is 35.5. The Balaban J connectivity index is 1.72. The Hall–Kier alpha value is -3.36. The molecule has 0 saturated heterocycles. The molecule has 41 heavy (non-hydrogen) atoms. The van der Waals surface area contributed by atoms with Crippen LogP contribution in [0.2, 0.25) is 5.02 Å². The molecule has 9 heteroatoms. The maximum absolute atomic E-state index is 14.2. The molecular formula is C32H38ClN3O4S. The molecule has 3 aromatic carbocycles. The molecule has 1 atom stereocenters. The van der Waals surface area contributed by atoms with Crippen LogP contribution in [0.25, 0.3) is 0 Å². The first-order valence-electron chi connectivity index (χ1n) is 14.1. The third kappa shape index (κ3) is 7.49. The zero-order chi connectivity index (χ0) is 29.6. The summed E-state index contributed by atoms with van der Waals surface area (Å²) in [6, 6.07) is 19.8. The SMILES string of the molecule is CC[C@@H](C(=O)NC1CCCC1)N(Cc1ccc(Cl)cc1)C(=O)CN(c1ccc(C)c(C)c1)S(=O)(=O)c1ccccc1. The van der Waals surface area contributed by atoms with Gasteiger partial charge in [-0.3, -0.25) is 13.9 Å².